The Hall–Kier alpha value is -0.890. The molecule has 0 aliphatic heterocycles. The fourth-order valence-electron chi connectivity index (χ4n) is 1.62. The van der Waals surface area contributed by atoms with Gasteiger partial charge in [-0.25, -0.2) is 4.39 Å². The highest BCUT2D eigenvalue weighted by molar-refractivity contribution is 5.32. The van der Waals surface area contributed by atoms with Gasteiger partial charge >= 0.3 is 0 Å². The minimum absolute atomic E-state index is 0.150. The second-order valence-corrected chi connectivity index (χ2v) is 3.93. The Balaban J connectivity index is 2.86. The van der Waals surface area contributed by atoms with Crippen molar-refractivity contribution in [3.63, 3.8) is 0 Å². The van der Waals surface area contributed by atoms with Crippen molar-refractivity contribution < 1.29 is 9.50 Å². The van der Waals surface area contributed by atoms with E-state index in [0.717, 1.165) is 16.7 Å². The Morgan fingerprint density at radius 2 is 2.00 bits per heavy atom. The molecule has 14 heavy (non-hydrogen) atoms. The van der Waals surface area contributed by atoms with Gasteiger partial charge in [0.2, 0.25) is 0 Å². The fraction of sp³-hybridized carbons (Fsp3) is 0.500. The lowest BCUT2D eigenvalue weighted by molar-refractivity contribution is 0.184. The van der Waals surface area contributed by atoms with Crippen molar-refractivity contribution in [3.05, 3.63) is 34.6 Å². The molecule has 1 nitrogen and oxygen atoms in total. The van der Waals surface area contributed by atoms with Gasteiger partial charge in [-0.2, -0.15) is 0 Å². The number of aliphatic hydroxyl groups excluding tert-OH is 1. The molecule has 2 heteroatoms. The van der Waals surface area contributed by atoms with E-state index in [9.17, 15) is 4.39 Å². The summed E-state index contributed by atoms with van der Waals surface area (Å²) in [5.74, 6) is -0.150. The summed E-state index contributed by atoms with van der Waals surface area (Å²) in [7, 11) is 0. The third-order valence-corrected chi connectivity index (χ3v) is 2.37. The van der Waals surface area contributed by atoms with Gasteiger partial charge < -0.3 is 5.11 Å². The molecule has 0 fully saturated rings. The lowest BCUT2D eigenvalue weighted by Gasteiger charge is -2.09. The summed E-state index contributed by atoms with van der Waals surface area (Å²) < 4.78 is 13.5. The molecule has 0 saturated carbocycles. The van der Waals surface area contributed by atoms with Crippen LogP contribution in [0.1, 0.15) is 30.0 Å². The zero-order valence-corrected chi connectivity index (χ0v) is 8.97. The SMILES string of the molecule is Cc1cc(C)c(CCC(C)O)c(F)c1. The van der Waals surface area contributed by atoms with Crippen LogP contribution >= 0.6 is 0 Å². The molecule has 0 bridgehead atoms. The van der Waals surface area contributed by atoms with Gasteiger partial charge in [0.15, 0.2) is 0 Å². The van der Waals surface area contributed by atoms with Crippen LogP contribution < -0.4 is 0 Å². The molecule has 0 aliphatic carbocycles. The number of aliphatic hydroxyl groups is 1. The van der Waals surface area contributed by atoms with Crippen LogP contribution in [0, 0.1) is 19.7 Å². The number of hydrogen-bond donors (Lipinski definition) is 1. The molecule has 1 aromatic rings. The summed E-state index contributed by atoms with van der Waals surface area (Å²) in [6.45, 7) is 5.52. The molecule has 0 aromatic heterocycles. The lowest BCUT2D eigenvalue weighted by atomic mass is 9.99. The normalized spacial score (nSPS) is 12.9. The summed E-state index contributed by atoms with van der Waals surface area (Å²) in [6.07, 6.45) is 0.853. The van der Waals surface area contributed by atoms with E-state index < -0.39 is 0 Å². The van der Waals surface area contributed by atoms with Gasteiger partial charge in [0.05, 0.1) is 6.10 Å². The van der Waals surface area contributed by atoms with E-state index in [-0.39, 0.29) is 11.9 Å². The highest BCUT2D eigenvalue weighted by Gasteiger charge is 2.07. The van der Waals surface area contributed by atoms with E-state index in [1.807, 2.05) is 19.9 Å². The maximum Gasteiger partial charge on any atom is 0.126 e. The molecular formula is C12H17FO. The molecule has 1 rings (SSSR count). The first kappa shape index (κ1) is 11.2. The zero-order chi connectivity index (χ0) is 10.7. The van der Waals surface area contributed by atoms with E-state index >= 15 is 0 Å². The van der Waals surface area contributed by atoms with E-state index in [2.05, 4.69) is 0 Å². The van der Waals surface area contributed by atoms with Crippen LogP contribution in [-0.4, -0.2) is 11.2 Å². The van der Waals surface area contributed by atoms with Gasteiger partial charge in [-0.15, -0.1) is 0 Å². The lowest BCUT2D eigenvalue weighted by Crippen LogP contribution is -2.04. The topological polar surface area (TPSA) is 20.2 Å². The second-order valence-electron chi connectivity index (χ2n) is 3.93. The van der Waals surface area contributed by atoms with Gasteiger partial charge in [-0.3, -0.25) is 0 Å². The summed E-state index contributed by atoms with van der Waals surface area (Å²) in [5.41, 5.74) is 2.65. The van der Waals surface area contributed by atoms with Crippen LogP contribution in [0.4, 0.5) is 4.39 Å². The molecule has 0 heterocycles. The van der Waals surface area contributed by atoms with Crippen LogP contribution in [0.3, 0.4) is 0 Å². The van der Waals surface area contributed by atoms with Gasteiger partial charge in [0, 0.05) is 0 Å². The molecular weight excluding hydrogens is 179 g/mol. The standard InChI is InChI=1S/C12H17FO/c1-8-6-9(2)11(12(13)7-8)5-4-10(3)14/h6-7,10,14H,4-5H2,1-3H3. The summed E-state index contributed by atoms with van der Waals surface area (Å²) in [5, 5.41) is 9.13. The maximum atomic E-state index is 13.5. The fourth-order valence-corrected chi connectivity index (χ4v) is 1.62. The van der Waals surface area contributed by atoms with Gasteiger partial charge in [-0.1, -0.05) is 6.07 Å². The van der Waals surface area contributed by atoms with Crippen molar-refractivity contribution in [2.75, 3.05) is 0 Å². The Morgan fingerprint density at radius 3 is 2.50 bits per heavy atom. The van der Waals surface area contributed by atoms with Crippen molar-refractivity contribution in [2.45, 2.75) is 39.7 Å². The first-order valence-corrected chi connectivity index (χ1v) is 4.94. The first-order valence-electron chi connectivity index (χ1n) is 4.94. The van der Waals surface area contributed by atoms with Crippen LogP contribution in [0.15, 0.2) is 12.1 Å². The molecule has 78 valence electrons. The second kappa shape index (κ2) is 4.56. The van der Waals surface area contributed by atoms with Gasteiger partial charge in [0.1, 0.15) is 5.82 Å². The molecule has 0 radical (unpaired) electrons. The van der Waals surface area contributed by atoms with Crippen molar-refractivity contribution in [2.24, 2.45) is 0 Å². The first-order chi connectivity index (χ1) is 6.50. The summed E-state index contributed by atoms with van der Waals surface area (Å²) in [4.78, 5) is 0. The average molecular weight is 196 g/mol. The third-order valence-electron chi connectivity index (χ3n) is 2.37. The smallest absolute Gasteiger partial charge is 0.126 e. The highest BCUT2D eigenvalue weighted by atomic mass is 19.1. The monoisotopic (exact) mass is 196 g/mol. The molecule has 1 atom stereocenters. The molecule has 0 spiro atoms. The number of rotatable bonds is 3. The molecule has 0 aliphatic rings. The Bertz CT molecular complexity index is 295. The van der Waals surface area contributed by atoms with Crippen molar-refractivity contribution in [3.8, 4) is 0 Å². The Labute approximate surface area is 84.6 Å². The van der Waals surface area contributed by atoms with Crippen molar-refractivity contribution >= 4 is 0 Å². The number of halogens is 1. The van der Waals surface area contributed by atoms with Crippen molar-refractivity contribution in [1.82, 2.24) is 0 Å². The largest absolute Gasteiger partial charge is 0.393 e. The quantitative estimate of drug-likeness (QED) is 0.788. The summed E-state index contributed by atoms with van der Waals surface area (Å²) >= 11 is 0. The van der Waals surface area contributed by atoms with Crippen molar-refractivity contribution in [1.29, 1.82) is 0 Å². The third kappa shape index (κ3) is 2.81. The predicted molar refractivity (Wildman–Crippen MR) is 55.9 cm³/mol. The Morgan fingerprint density at radius 1 is 1.36 bits per heavy atom. The molecule has 0 saturated heterocycles. The number of aryl methyl sites for hydroxylation is 2. The molecule has 1 N–H and O–H groups in total. The van der Waals surface area contributed by atoms with Crippen LogP contribution in [0.5, 0.6) is 0 Å². The van der Waals surface area contributed by atoms with E-state index in [1.165, 1.54) is 0 Å². The average Bonchev–Trinajstić information content (AvgIpc) is 2.01. The highest BCUT2D eigenvalue weighted by Crippen LogP contribution is 2.17. The van der Waals surface area contributed by atoms with Gasteiger partial charge in [0.25, 0.3) is 0 Å². The summed E-state index contributed by atoms with van der Waals surface area (Å²) in [6, 6.07) is 3.52. The predicted octanol–water partition coefficient (Wildman–Crippen LogP) is 2.76. The van der Waals surface area contributed by atoms with E-state index in [1.54, 1.807) is 13.0 Å². The zero-order valence-electron chi connectivity index (χ0n) is 8.97. The van der Waals surface area contributed by atoms with E-state index in [4.69, 9.17) is 5.11 Å². The van der Waals surface area contributed by atoms with Gasteiger partial charge in [-0.05, 0) is 56.4 Å². The number of hydrogen-bond acceptors (Lipinski definition) is 1. The van der Waals surface area contributed by atoms with Crippen LogP contribution in [0.2, 0.25) is 0 Å². The Kier molecular flexibility index (Phi) is 3.64. The minimum Gasteiger partial charge on any atom is -0.393 e. The van der Waals surface area contributed by atoms with Crippen LogP contribution in [-0.2, 0) is 6.42 Å². The molecule has 0 amide bonds. The molecule has 1 aromatic carbocycles. The van der Waals surface area contributed by atoms with E-state index in [0.29, 0.717) is 12.8 Å². The maximum absolute atomic E-state index is 13.5. The minimum atomic E-state index is -0.366. The molecule has 1 unspecified atom stereocenters. The van der Waals surface area contributed by atoms with Crippen LogP contribution in [0.25, 0.3) is 0 Å². The number of benzene rings is 1.